The van der Waals surface area contributed by atoms with Crippen molar-refractivity contribution in [1.82, 2.24) is 15.1 Å². The van der Waals surface area contributed by atoms with E-state index in [0.717, 1.165) is 25.8 Å². The molecular formula is C18H22FN3O2. The van der Waals surface area contributed by atoms with Gasteiger partial charge in [0.25, 0.3) is 5.89 Å². The van der Waals surface area contributed by atoms with E-state index in [2.05, 4.69) is 17.1 Å². The Hall–Kier alpha value is -2.24. The molecule has 1 aliphatic rings. The van der Waals surface area contributed by atoms with Gasteiger partial charge in [-0.15, -0.1) is 10.2 Å². The number of hydrogen-bond donors (Lipinski definition) is 0. The van der Waals surface area contributed by atoms with Crippen molar-refractivity contribution in [2.24, 2.45) is 0 Å². The summed E-state index contributed by atoms with van der Waals surface area (Å²) in [7, 11) is 0. The fourth-order valence-corrected chi connectivity index (χ4v) is 3.21. The molecule has 1 atom stereocenters. The van der Waals surface area contributed by atoms with Crippen LogP contribution in [0.15, 0.2) is 28.7 Å². The van der Waals surface area contributed by atoms with Crippen LogP contribution in [0, 0.1) is 5.82 Å². The van der Waals surface area contributed by atoms with Gasteiger partial charge in [-0.05, 0) is 37.8 Å². The van der Waals surface area contributed by atoms with Gasteiger partial charge in [-0.1, -0.05) is 19.1 Å². The number of hydrogen-bond acceptors (Lipinski definition) is 4. The lowest BCUT2D eigenvalue weighted by Gasteiger charge is -2.35. The Labute approximate surface area is 140 Å². The van der Waals surface area contributed by atoms with Crippen LogP contribution < -0.4 is 0 Å². The van der Waals surface area contributed by atoms with Gasteiger partial charge in [-0.25, -0.2) is 4.39 Å². The van der Waals surface area contributed by atoms with Crippen molar-refractivity contribution in [1.29, 1.82) is 0 Å². The number of likely N-dealkylation sites (tertiary alicyclic amines) is 1. The number of benzene rings is 1. The van der Waals surface area contributed by atoms with Gasteiger partial charge >= 0.3 is 0 Å². The largest absolute Gasteiger partial charge is 0.421 e. The van der Waals surface area contributed by atoms with Gasteiger partial charge in [0.15, 0.2) is 0 Å². The summed E-state index contributed by atoms with van der Waals surface area (Å²) in [6.45, 7) is 2.95. The van der Waals surface area contributed by atoms with E-state index < -0.39 is 5.82 Å². The second-order valence-electron chi connectivity index (χ2n) is 6.13. The van der Waals surface area contributed by atoms with E-state index in [-0.39, 0.29) is 17.4 Å². The first kappa shape index (κ1) is 16.6. The molecule has 1 amide bonds. The molecule has 1 aliphatic heterocycles. The number of rotatable bonds is 5. The number of piperidine rings is 1. The number of nitrogens with zero attached hydrogens (tertiary/aromatic N) is 3. The molecule has 2 heterocycles. The molecule has 3 rings (SSSR count). The number of carbonyl (C=O) groups is 1. The Morgan fingerprint density at radius 1 is 1.33 bits per heavy atom. The number of aromatic nitrogens is 2. The summed E-state index contributed by atoms with van der Waals surface area (Å²) in [5, 5.41) is 7.82. The standard InChI is InChI=1S/C18H22FN3O2/c1-2-13-7-5-6-12-22(13)17(23)11-10-16-20-21-18(24-16)14-8-3-4-9-15(14)19/h3-4,8-9,13H,2,5-7,10-12H2,1H3. The first-order chi connectivity index (χ1) is 11.7. The van der Waals surface area contributed by atoms with Crippen molar-refractivity contribution in [3.8, 4) is 11.5 Å². The molecule has 0 spiro atoms. The predicted molar refractivity (Wildman–Crippen MR) is 87.7 cm³/mol. The van der Waals surface area contributed by atoms with E-state index in [1.165, 1.54) is 12.5 Å². The third-order valence-electron chi connectivity index (χ3n) is 4.54. The van der Waals surface area contributed by atoms with E-state index >= 15 is 0 Å². The van der Waals surface area contributed by atoms with Gasteiger partial charge in [-0.3, -0.25) is 4.79 Å². The number of carbonyl (C=O) groups excluding carboxylic acids is 1. The zero-order chi connectivity index (χ0) is 16.9. The van der Waals surface area contributed by atoms with E-state index in [0.29, 0.717) is 24.8 Å². The number of amides is 1. The average molecular weight is 331 g/mol. The zero-order valence-electron chi connectivity index (χ0n) is 13.9. The van der Waals surface area contributed by atoms with Crippen LogP contribution in [0.4, 0.5) is 4.39 Å². The zero-order valence-corrected chi connectivity index (χ0v) is 13.9. The molecule has 0 radical (unpaired) electrons. The summed E-state index contributed by atoms with van der Waals surface area (Å²) in [4.78, 5) is 14.4. The van der Waals surface area contributed by atoms with Crippen LogP contribution in [-0.4, -0.2) is 33.6 Å². The van der Waals surface area contributed by atoms with Crippen molar-refractivity contribution in [2.45, 2.75) is 51.5 Å². The topological polar surface area (TPSA) is 59.2 Å². The summed E-state index contributed by atoms with van der Waals surface area (Å²) >= 11 is 0. The molecule has 2 aromatic rings. The Balaban J connectivity index is 1.61. The highest BCUT2D eigenvalue weighted by Gasteiger charge is 2.25. The first-order valence-corrected chi connectivity index (χ1v) is 8.55. The molecule has 1 saturated heterocycles. The van der Waals surface area contributed by atoms with Crippen molar-refractivity contribution in [3.63, 3.8) is 0 Å². The summed E-state index contributed by atoms with van der Waals surface area (Å²) in [5.74, 6) is 0.252. The lowest BCUT2D eigenvalue weighted by atomic mass is 9.99. The van der Waals surface area contributed by atoms with Crippen LogP contribution in [0.2, 0.25) is 0 Å². The second kappa shape index (κ2) is 7.55. The average Bonchev–Trinajstić information content (AvgIpc) is 3.08. The van der Waals surface area contributed by atoms with Crippen LogP contribution in [0.1, 0.15) is 44.9 Å². The molecule has 5 nitrogen and oxygen atoms in total. The fourth-order valence-electron chi connectivity index (χ4n) is 3.21. The van der Waals surface area contributed by atoms with Crippen LogP contribution in [-0.2, 0) is 11.2 Å². The highest BCUT2D eigenvalue weighted by atomic mass is 19.1. The molecule has 0 bridgehead atoms. The monoisotopic (exact) mass is 331 g/mol. The van der Waals surface area contributed by atoms with Crippen LogP contribution >= 0.6 is 0 Å². The fraction of sp³-hybridized carbons (Fsp3) is 0.500. The predicted octanol–water partition coefficient (Wildman–Crippen LogP) is 3.60. The second-order valence-corrected chi connectivity index (χ2v) is 6.13. The maximum Gasteiger partial charge on any atom is 0.250 e. The molecule has 24 heavy (non-hydrogen) atoms. The summed E-state index contributed by atoms with van der Waals surface area (Å²) < 4.78 is 19.2. The van der Waals surface area contributed by atoms with Gasteiger partial charge in [0.2, 0.25) is 11.8 Å². The van der Waals surface area contributed by atoms with Crippen molar-refractivity contribution in [2.75, 3.05) is 6.54 Å². The van der Waals surface area contributed by atoms with E-state index in [1.807, 2.05) is 4.90 Å². The highest BCUT2D eigenvalue weighted by Crippen LogP contribution is 2.23. The SMILES string of the molecule is CCC1CCCCN1C(=O)CCc1nnc(-c2ccccc2F)o1. The number of halogens is 1. The van der Waals surface area contributed by atoms with E-state index in [4.69, 9.17) is 4.42 Å². The van der Waals surface area contributed by atoms with Gasteiger partial charge in [0.1, 0.15) is 5.82 Å². The summed E-state index contributed by atoms with van der Waals surface area (Å²) in [5.41, 5.74) is 0.282. The summed E-state index contributed by atoms with van der Waals surface area (Å²) in [6.07, 6.45) is 5.06. The summed E-state index contributed by atoms with van der Waals surface area (Å²) in [6, 6.07) is 6.62. The Morgan fingerprint density at radius 2 is 2.17 bits per heavy atom. The maximum atomic E-state index is 13.7. The van der Waals surface area contributed by atoms with Gasteiger partial charge in [0, 0.05) is 25.4 Å². The molecule has 0 aliphatic carbocycles. The van der Waals surface area contributed by atoms with Gasteiger partial charge in [-0.2, -0.15) is 0 Å². The molecule has 6 heteroatoms. The number of aryl methyl sites for hydroxylation is 1. The van der Waals surface area contributed by atoms with Crippen molar-refractivity contribution >= 4 is 5.91 Å². The molecule has 1 aromatic carbocycles. The van der Waals surface area contributed by atoms with E-state index in [9.17, 15) is 9.18 Å². The molecular weight excluding hydrogens is 309 g/mol. The lowest BCUT2D eigenvalue weighted by Crippen LogP contribution is -2.43. The maximum absolute atomic E-state index is 13.7. The van der Waals surface area contributed by atoms with Gasteiger partial charge < -0.3 is 9.32 Å². The molecule has 1 fully saturated rings. The third kappa shape index (κ3) is 3.63. The smallest absolute Gasteiger partial charge is 0.250 e. The Bertz CT molecular complexity index is 701. The molecule has 1 aromatic heterocycles. The minimum atomic E-state index is -0.400. The van der Waals surface area contributed by atoms with Crippen molar-refractivity contribution < 1.29 is 13.6 Å². The van der Waals surface area contributed by atoms with E-state index in [1.54, 1.807) is 18.2 Å². The van der Waals surface area contributed by atoms with Crippen LogP contribution in [0.25, 0.3) is 11.5 Å². The highest BCUT2D eigenvalue weighted by molar-refractivity contribution is 5.76. The van der Waals surface area contributed by atoms with Crippen LogP contribution in [0.5, 0.6) is 0 Å². The first-order valence-electron chi connectivity index (χ1n) is 8.55. The third-order valence-corrected chi connectivity index (χ3v) is 4.54. The Morgan fingerprint density at radius 3 is 2.96 bits per heavy atom. The molecule has 128 valence electrons. The van der Waals surface area contributed by atoms with Gasteiger partial charge in [0.05, 0.1) is 5.56 Å². The minimum Gasteiger partial charge on any atom is -0.421 e. The normalized spacial score (nSPS) is 17.9. The Kier molecular flexibility index (Phi) is 5.23. The minimum absolute atomic E-state index is 0.132. The lowest BCUT2D eigenvalue weighted by molar-refractivity contribution is -0.135. The van der Waals surface area contributed by atoms with Crippen LogP contribution in [0.3, 0.4) is 0 Å². The molecule has 1 unspecified atom stereocenters. The quantitative estimate of drug-likeness (QED) is 0.840. The van der Waals surface area contributed by atoms with Crippen molar-refractivity contribution in [3.05, 3.63) is 36.0 Å². The molecule has 0 N–H and O–H groups in total. The molecule has 0 saturated carbocycles.